The lowest BCUT2D eigenvalue weighted by Gasteiger charge is -1.86. The van der Waals surface area contributed by atoms with Gasteiger partial charge in [-0.3, -0.25) is 0 Å². The van der Waals surface area contributed by atoms with Crippen LogP contribution in [0.1, 0.15) is 5.82 Å². The van der Waals surface area contributed by atoms with Gasteiger partial charge < -0.3 is 4.74 Å². The van der Waals surface area contributed by atoms with Crippen LogP contribution >= 0.6 is 27.5 Å². The number of hydrogen-bond acceptors (Lipinski definition) is 4. The summed E-state index contributed by atoms with van der Waals surface area (Å²) in [4.78, 5) is 4.00. The Morgan fingerprint density at radius 2 is 2.56 bits per heavy atom. The first-order valence-electron chi connectivity index (χ1n) is 2.30. The van der Waals surface area contributed by atoms with E-state index in [1.165, 1.54) is 11.5 Å². The third-order valence-corrected chi connectivity index (χ3v) is 1.87. The fraction of sp³-hybridized carbons (Fsp3) is 0.500. The van der Waals surface area contributed by atoms with Crippen molar-refractivity contribution in [1.29, 1.82) is 0 Å². The van der Waals surface area contributed by atoms with Gasteiger partial charge in [0.05, 0.1) is 0 Å². The van der Waals surface area contributed by atoms with E-state index < -0.39 is 0 Å². The van der Waals surface area contributed by atoms with Crippen LogP contribution in [-0.4, -0.2) is 16.5 Å². The molecular formula is C4H5BrN2OS. The molecule has 0 unspecified atom stereocenters. The van der Waals surface area contributed by atoms with Crippen molar-refractivity contribution in [2.75, 3.05) is 7.11 Å². The molecule has 0 N–H and O–H groups in total. The Hall–Kier alpha value is -0.0000000000000000555. The second kappa shape index (κ2) is 3.24. The van der Waals surface area contributed by atoms with Gasteiger partial charge in [-0.2, -0.15) is 4.37 Å². The third kappa shape index (κ3) is 2.00. The molecule has 0 aromatic carbocycles. The summed E-state index contributed by atoms with van der Waals surface area (Å²) in [5.41, 5.74) is 0. The lowest BCUT2D eigenvalue weighted by atomic mass is 10.7. The molecule has 1 heterocycles. The first-order valence-corrected chi connectivity index (χ1v) is 3.86. The molecular weight excluding hydrogens is 204 g/mol. The minimum Gasteiger partial charge on any atom is -0.377 e. The quantitative estimate of drug-likeness (QED) is 0.739. The molecule has 9 heavy (non-hydrogen) atoms. The Bertz CT molecular complexity index is 190. The first-order chi connectivity index (χ1) is 4.33. The number of halogens is 1. The van der Waals surface area contributed by atoms with E-state index in [9.17, 15) is 0 Å². The van der Waals surface area contributed by atoms with Crippen LogP contribution in [0.25, 0.3) is 0 Å². The van der Waals surface area contributed by atoms with Crippen molar-refractivity contribution in [3.8, 4) is 0 Å². The maximum absolute atomic E-state index is 4.80. The molecule has 5 heteroatoms. The van der Waals surface area contributed by atoms with Crippen LogP contribution in [-0.2, 0) is 11.3 Å². The third-order valence-electron chi connectivity index (χ3n) is 0.717. The molecule has 50 valence electrons. The second-order valence-electron chi connectivity index (χ2n) is 1.40. The molecule has 3 nitrogen and oxygen atoms in total. The van der Waals surface area contributed by atoms with Gasteiger partial charge in [0, 0.05) is 7.11 Å². The molecule has 0 atom stereocenters. The summed E-state index contributed by atoms with van der Waals surface area (Å²) in [7, 11) is 1.62. The fourth-order valence-corrected chi connectivity index (χ4v) is 1.26. The van der Waals surface area contributed by atoms with Gasteiger partial charge in [0.2, 0.25) is 0 Å². The normalized spacial score (nSPS) is 10.0. The van der Waals surface area contributed by atoms with Crippen LogP contribution in [0, 0.1) is 0 Å². The van der Waals surface area contributed by atoms with Gasteiger partial charge in [0.25, 0.3) is 0 Å². The Morgan fingerprint density at radius 3 is 3.00 bits per heavy atom. The van der Waals surface area contributed by atoms with E-state index in [0.717, 1.165) is 9.74 Å². The molecule has 0 radical (unpaired) electrons. The minimum atomic E-state index is 0.488. The largest absolute Gasteiger partial charge is 0.377 e. The highest BCUT2D eigenvalue weighted by Crippen LogP contribution is 2.11. The van der Waals surface area contributed by atoms with E-state index in [1.54, 1.807) is 7.11 Å². The van der Waals surface area contributed by atoms with Gasteiger partial charge in [-0.25, -0.2) is 4.98 Å². The van der Waals surface area contributed by atoms with Crippen molar-refractivity contribution in [1.82, 2.24) is 9.36 Å². The lowest BCUT2D eigenvalue weighted by molar-refractivity contribution is 0.179. The second-order valence-corrected chi connectivity index (χ2v) is 3.42. The van der Waals surface area contributed by atoms with Crippen molar-refractivity contribution in [2.24, 2.45) is 0 Å². The maximum atomic E-state index is 4.80. The first kappa shape index (κ1) is 7.11. The summed E-state index contributed by atoms with van der Waals surface area (Å²) in [6.45, 7) is 0.488. The average molecular weight is 209 g/mol. The number of ether oxygens (including phenoxy) is 1. The molecule has 0 fully saturated rings. The van der Waals surface area contributed by atoms with Crippen molar-refractivity contribution < 1.29 is 4.74 Å². The van der Waals surface area contributed by atoms with Gasteiger partial charge in [0.1, 0.15) is 6.61 Å². The van der Waals surface area contributed by atoms with Crippen LogP contribution in [0.3, 0.4) is 0 Å². The predicted octanol–water partition coefficient (Wildman–Crippen LogP) is 1.45. The molecule has 0 spiro atoms. The maximum Gasteiger partial charge on any atom is 0.179 e. The van der Waals surface area contributed by atoms with Crippen molar-refractivity contribution in [2.45, 2.75) is 6.61 Å². The predicted molar refractivity (Wildman–Crippen MR) is 38.3 cm³/mol. The molecule has 0 aliphatic rings. The van der Waals surface area contributed by atoms with E-state index in [4.69, 9.17) is 4.74 Å². The molecule has 0 amide bonds. The fourth-order valence-electron chi connectivity index (χ4n) is 0.420. The summed E-state index contributed by atoms with van der Waals surface area (Å²) in [5.74, 6) is 0.731. The van der Waals surface area contributed by atoms with Crippen LogP contribution in [0.2, 0.25) is 0 Å². The van der Waals surface area contributed by atoms with Crippen LogP contribution < -0.4 is 0 Å². The topological polar surface area (TPSA) is 35.0 Å². The number of rotatable bonds is 2. The van der Waals surface area contributed by atoms with Crippen LogP contribution in [0.4, 0.5) is 0 Å². The summed E-state index contributed by atoms with van der Waals surface area (Å²) in [5, 5.41) is 0. The summed E-state index contributed by atoms with van der Waals surface area (Å²) < 4.78 is 9.57. The molecule has 1 rings (SSSR count). The van der Waals surface area contributed by atoms with Crippen molar-refractivity contribution in [3.63, 3.8) is 0 Å². The Kier molecular flexibility index (Phi) is 2.56. The molecule has 0 aliphatic heterocycles. The number of nitrogens with zero attached hydrogens (tertiary/aromatic N) is 2. The standard InChI is InChI=1S/C4H5BrN2OS/c1-8-2-3-6-4(5)9-7-3/h2H2,1H3. The summed E-state index contributed by atoms with van der Waals surface area (Å²) >= 11 is 4.51. The van der Waals surface area contributed by atoms with Crippen molar-refractivity contribution >= 4 is 27.5 Å². The van der Waals surface area contributed by atoms with Gasteiger partial charge in [-0.15, -0.1) is 0 Å². The lowest BCUT2D eigenvalue weighted by Crippen LogP contribution is -1.88. The Labute approximate surface area is 65.4 Å². The molecule has 1 aromatic heterocycles. The molecule has 1 aromatic rings. The highest BCUT2D eigenvalue weighted by atomic mass is 79.9. The Balaban J connectivity index is 2.61. The minimum absolute atomic E-state index is 0.488. The van der Waals surface area contributed by atoms with Crippen LogP contribution in [0.5, 0.6) is 0 Å². The van der Waals surface area contributed by atoms with Gasteiger partial charge >= 0.3 is 0 Å². The van der Waals surface area contributed by atoms with Gasteiger partial charge in [-0.1, -0.05) is 0 Å². The van der Waals surface area contributed by atoms with E-state index in [-0.39, 0.29) is 0 Å². The number of aromatic nitrogens is 2. The number of hydrogen-bond donors (Lipinski definition) is 0. The molecule has 0 saturated heterocycles. The SMILES string of the molecule is COCc1nsc(Br)n1. The zero-order valence-electron chi connectivity index (χ0n) is 4.80. The zero-order chi connectivity index (χ0) is 6.69. The zero-order valence-corrected chi connectivity index (χ0v) is 7.20. The van der Waals surface area contributed by atoms with Gasteiger partial charge in [-0.05, 0) is 27.5 Å². The van der Waals surface area contributed by atoms with E-state index >= 15 is 0 Å². The average Bonchev–Trinajstić information content (AvgIpc) is 2.17. The monoisotopic (exact) mass is 208 g/mol. The van der Waals surface area contributed by atoms with E-state index in [1.807, 2.05) is 0 Å². The highest BCUT2D eigenvalue weighted by molar-refractivity contribution is 9.11. The van der Waals surface area contributed by atoms with Gasteiger partial charge in [0.15, 0.2) is 9.74 Å². The Morgan fingerprint density at radius 1 is 1.78 bits per heavy atom. The summed E-state index contributed by atoms with van der Waals surface area (Å²) in [6, 6.07) is 0. The molecule has 0 aliphatic carbocycles. The van der Waals surface area contributed by atoms with Crippen LogP contribution in [0.15, 0.2) is 3.92 Å². The van der Waals surface area contributed by atoms with E-state index in [0.29, 0.717) is 6.61 Å². The van der Waals surface area contributed by atoms with E-state index in [2.05, 4.69) is 25.3 Å². The highest BCUT2D eigenvalue weighted by Gasteiger charge is 1.97. The molecule has 0 saturated carbocycles. The smallest absolute Gasteiger partial charge is 0.179 e. The number of methoxy groups -OCH3 is 1. The van der Waals surface area contributed by atoms with Crippen molar-refractivity contribution in [3.05, 3.63) is 9.74 Å². The summed E-state index contributed by atoms with van der Waals surface area (Å²) in [6.07, 6.45) is 0. The molecule has 0 bridgehead atoms.